The standard InChI is InChI=1S/C16H15F9O/c1-2-3-4-5-10-6-8-11(9-7-10)12(26)13(17,18)14(19,20)15(21,22)16(23,24)25/h6-9H,2-5H2,1H3. The van der Waals surface area contributed by atoms with E-state index in [-0.39, 0.29) is 0 Å². The van der Waals surface area contributed by atoms with E-state index in [0.29, 0.717) is 24.1 Å². The minimum Gasteiger partial charge on any atom is -0.287 e. The molecule has 1 aromatic carbocycles. The first-order chi connectivity index (χ1) is 11.7. The van der Waals surface area contributed by atoms with Crippen LogP contribution in [-0.2, 0) is 6.42 Å². The van der Waals surface area contributed by atoms with Crippen LogP contribution in [0.15, 0.2) is 24.3 Å². The summed E-state index contributed by atoms with van der Waals surface area (Å²) in [6.45, 7) is 1.93. The van der Waals surface area contributed by atoms with Crippen molar-refractivity contribution < 1.29 is 44.3 Å². The molecule has 0 fully saturated rings. The fourth-order valence-electron chi connectivity index (χ4n) is 2.10. The van der Waals surface area contributed by atoms with Gasteiger partial charge in [-0.25, -0.2) is 0 Å². The van der Waals surface area contributed by atoms with Crippen LogP contribution >= 0.6 is 0 Å². The van der Waals surface area contributed by atoms with Crippen LogP contribution in [0.1, 0.15) is 42.1 Å². The van der Waals surface area contributed by atoms with Gasteiger partial charge in [-0.3, -0.25) is 4.79 Å². The first-order valence-corrected chi connectivity index (χ1v) is 7.54. The van der Waals surface area contributed by atoms with Gasteiger partial charge in [-0.2, -0.15) is 39.5 Å². The number of benzene rings is 1. The van der Waals surface area contributed by atoms with Crippen LogP contribution in [0.25, 0.3) is 0 Å². The summed E-state index contributed by atoms with van der Waals surface area (Å²) in [7, 11) is 0. The third kappa shape index (κ3) is 3.98. The van der Waals surface area contributed by atoms with Crippen LogP contribution in [-0.4, -0.2) is 29.7 Å². The Bertz CT molecular complexity index is 618. The predicted octanol–water partition coefficient (Wildman–Crippen LogP) is 6.07. The van der Waals surface area contributed by atoms with Crippen molar-refractivity contribution in [3.8, 4) is 0 Å². The maximum atomic E-state index is 13.6. The van der Waals surface area contributed by atoms with Gasteiger partial charge >= 0.3 is 23.9 Å². The highest BCUT2D eigenvalue weighted by Gasteiger charge is 2.83. The minimum atomic E-state index is -7.08. The molecule has 0 saturated carbocycles. The number of hydrogen-bond acceptors (Lipinski definition) is 1. The van der Waals surface area contributed by atoms with Gasteiger partial charge in [0, 0.05) is 5.56 Å². The quantitative estimate of drug-likeness (QED) is 0.297. The van der Waals surface area contributed by atoms with Crippen LogP contribution < -0.4 is 0 Å². The van der Waals surface area contributed by atoms with Crippen molar-refractivity contribution in [1.82, 2.24) is 0 Å². The molecule has 0 spiro atoms. The third-order valence-electron chi connectivity index (χ3n) is 3.72. The van der Waals surface area contributed by atoms with Crippen molar-refractivity contribution in [2.45, 2.75) is 56.6 Å². The number of Topliss-reactive ketones (excluding diaryl/α,β-unsaturated/α-hetero) is 1. The van der Waals surface area contributed by atoms with Crippen LogP contribution in [0, 0.1) is 0 Å². The number of aryl methyl sites for hydroxylation is 1. The molecule has 0 aliphatic carbocycles. The van der Waals surface area contributed by atoms with Crippen molar-refractivity contribution in [3.05, 3.63) is 35.4 Å². The number of unbranched alkanes of at least 4 members (excludes halogenated alkanes) is 2. The molecular weight excluding hydrogens is 379 g/mol. The number of ketones is 1. The van der Waals surface area contributed by atoms with Gasteiger partial charge in [0.25, 0.3) is 0 Å². The molecule has 10 heteroatoms. The van der Waals surface area contributed by atoms with Gasteiger partial charge in [-0.15, -0.1) is 0 Å². The second-order valence-corrected chi connectivity index (χ2v) is 5.70. The first-order valence-electron chi connectivity index (χ1n) is 7.54. The van der Waals surface area contributed by atoms with Crippen LogP contribution in [0.3, 0.4) is 0 Å². The fourth-order valence-corrected chi connectivity index (χ4v) is 2.10. The van der Waals surface area contributed by atoms with E-state index in [2.05, 4.69) is 0 Å². The highest BCUT2D eigenvalue weighted by Crippen LogP contribution is 2.53. The normalized spacial score (nSPS) is 13.8. The zero-order chi connectivity index (χ0) is 20.4. The SMILES string of the molecule is CCCCCc1ccc(C(=O)C(F)(F)C(F)(F)C(F)(F)C(F)(F)F)cc1. The van der Waals surface area contributed by atoms with Crippen LogP contribution in [0.4, 0.5) is 39.5 Å². The van der Waals surface area contributed by atoms with Gasteiger partial charge in [0.1, 0.15) is 0 Å². The Hall–Kier alpha value is -1.74. The van der Waals surface area contributed by atoms with Crippen LogP contribution in [0.2, 0.25) is 0 Å². The molecule has 0 N–H and O–H groups in total. The molecular formula is C16H15F9O. The summed E-state index contributed by atoms with van der Waals surface area (Å²) in [4.78, 5) is 11.5. The summed E-state index contributed by atoms with van der Waals surface area (Å²) in [5, 5.41) is 0. The van der Waals surface area contributed by atoms with E-state index < -0.39 is 35.3 Å². The molecule has 0 bridgehead atoms. The third-order valence-corrected chi connectivity index (χ3v) is 3.72. The maximum absolute atomic E-state index is 13.6. The molecule has 0 aromatic heterocycles. The highest BCUT2D eigenvalue weighted by atomic mass is 19.4. The molecule has 1 nitrogen and oxygen atoms in total. The number of hydrogen-bond donors (Lipinski definition) is 0. The van der Waals surface area contributed by atoms with E-state index in [1.165, 1.54) is 0 Å². The lowest BCUT2D eigenvalue weighted by molar-refractivity contribution is -0.386. The van der Waals surface area contributed by atoms with E-state index in [0.717, 1.165) is 31.4 Å². The van der Waals surface area contributed by atoms with E-state index in [1.807, 2.05) is 6.92 Å². The van der Waals surface area contributed by atoms with Crippen molar-refractivity contribution in [3.63, 3.8) is 0 Å². The van der Waals surface area contributed by atoms with Gasteiger partial charge < -0.3 is 0 Å². The Kier molecular flexibility index (Phi) is 6.41. The zero-order valence-electron chi connectivity index (χ0n) is 13.4. The number of rotatable bonds is 8. The molecule has 1 rings (SSSR count). The average molecular weight is 394 g/mol. The summed E-state index contributed by atoms with van der Waals surface area (Å²) < 4.78 is 115. The molecule has 148 valence electrons. The van der Waals surface area contributed by atoms with Gasteiger partial charge in [0.05, 0.1) is 0 Å². The molecule has 0 amide bonds. The molecule has 0 saturated heterocycles. The lowest BCUT2D eigenvalue weighted by Gasteiger charge is -2.32. The Morgan fingerprint density at radius 1 is 0.808 bits per heavy atom. The number of halogens is 9. The number of carbonyl (C=O) groups is 1. The summed E-state index contributed by atoms with van der Waals surface area (Å²) in [5.74, 6) is -23.1. The van der Waals surface area contributed by atoms with Crippen molar-refractivity contribution in [2.75, 3.05) is 0 Å². The summed E-state index contributed by atoms with van der Waals surface area (Å²) in [6, 6.07) is 3.69. The van der Waals surface area contributed by atoms with E-state index in [1.54, 1.807) is 0 Å². The van der Waals surface area contributed by atoms with E-state index >= 15 is 0 Å². The van der Waals surface area contributed by atoms with Crippen molar-refractivity contribution in [1.29, 1.82) is 0 Å². The fraction of sp³-hybridized carbons (Fsp3) is 0.562. The molecule has 1 aromatic rings. The second kappa shape index (κ2) is 7.48. The molecule has 0 radical (unpaired) electrons. The first kappa shape index (κ1) is 22.3. The minimum absolute atomic E-state index is 0.501. The van der Waals surface area contributed by atoms with Gasteiger partial charge in [-0.05, 0) is 18.4 Å². The second-order valence-electron chi connectivity index (χ2n) is 5.70. The molecule has 0 heterocycles. The molecule has 0 aliphatic rings. The zero-order valence-corrected chi connectivity index (χ0v) is 13.4. The molecule has 0 aliphatic heterocycles. The Morgan fingerprint density at radius 3 is 1.73 bits per heavy atom. The lowest BCUT2D eigenvalue weighted by Crippen LogP contribution is -2.63. The molecule has 26 heavy (non-hydrogen) atoms. The summed E-state index contributed by atoms with van der Waals surface area (Å²) in [5.41, 5.74) is -0.516. The van der Waals surface area contributed by atoms with E-state index in [9.17, 15) is 44.3 Å². The molecule has 0 atom stereocenters. The summed E-state index contributed by atoms with van der Waals surface area (Å²) in [6.07, 6.45) is -3.97. The van der Waals surface area contributed by atoms with Gasteiger partial charge in [0.2, 0.25) is 5.78 Å². The monoisotopic (exact) mass is 394 g/mol. The van der Waals surface area contributed by atoms with Gasteiger partial charge in [0.15, 0.2) is 0 Å². The topological polar surface area (TPSA) is 17.1 Å². The van der Waals surface area contributed by atoms with Crippen molar-refractivity contribution in [2.24, 2.45) is 0 Å². The van der Waals surface area contributed by atoms with Gasteiger partial charge in [-0.1, -0.05) is 44.0 Å². The van der Waals surface area contributed by atoms with E-state index in [4.69, 9.17) is 0 Å². The van der Waals surface area contributed by atoms with Crippen molar-refractivity contribution >= 4 is 5.78 Å². The Balaban J connectivity index is 3.10. The Labute approximate surface area is 143 Å². The largest absolute Gasteiger partial charge is 0.460 e. The average Bonchev–Trinajstić information content (AvgIpc) is 2.53. The molecule has 0 unspecified atom stereocenters. The van der Waals surface area contributed by atoms with Crippen LogP contribution in [0.5, 0.6) is 0 Å². The Morgan fingerprint density at radius 2 is 1.31 bits per heavy atom. The highest BCUT2D eigenvalue weighted by molar-refractivity contribution is 6.02. The predicted molar refractivity (Wildman–Crippen MR) is 74.9 cm³/mol. The number of carbonyl (C=O) groups excluding carboxylic acids is 1. The maximum Gasteiger partial charge on any atom is 0.460 e. The summed E-state index contributed by atoms with van der Waals surface area (Å²) >= 11 is 0. The number of alkyl halides is 9. The smallest absolute Gasteiger partial charge is 0.287 e. The lowest BCUT2D eigenvalue weighted by atomic mass is 9.94.